The number of hydrogen-bond donors (Lipinski definition) is 1. The van der Waals surface area contributed by atoms with Gasteiger partial charge in [0, 0.05) is 13.1 Å². The minimum absolute atomic E-state index is 0.0166. The summed E-state index contributed by atoms with van der Waals surface area (Å²) in [7, 11) is 1.69. The first-order valence-electron chi connectivity index (χ1n) is 6.00. The Morgan fingerprint density at radius 1 is 1.44 bits per heavy atom. The number of para-hydroxylation sites is 1. The van der Waals surface area contributed by atoms with Crippen molar-refractivity contribution in [2.45, 2.75) is 18.9 Å². The van der Waals surface area contributed by atoms with Gasteiger partial charge >= 0.3 is 0 Å². The van der Waals surface area contributed by atoms with Crippen molar-refractivity contribution in [3.05, 3.63) is 23.8 Å². The van der Waals surface area contributed by atoms with E-state index in [-0.39, 0.29) is 18.4 Å². The van der Waals surface area contributed by atoms with E-state index in [9.17, 15) is 9.59 Å². The number of likely N-dealkylation sites (N-methyl/N-ethyl adjacent to an activating group) is 1. The summed E-state index contributed by atoms with van der Waals surface area (Å²) in [5.41, 5.74) is 1.15. The number of ether oxygens (including phenoxy) is 1. The summed E-state index contributed by atoms with van der Waals surface area (Å²) in [6.07, 6.45) is 2.08. The highest BCUT2D eigenvalue weighted by atomic mass is 16.5. The second-order valence-corrected chi connectivity index (χ2v) is 4.64. The molecule has 0 saturated heterocycles. The Morgan fingerprint density at radius 2 is 2.22 bits per heavy atom. The molecule has 1 saturated carbocycles. The fourth-order valence-electron chi connectivity index (χ4n) is 1.98. The average Bonchev–Trinajstić information content (AvgIpc) is 3.17. The Hall–Kier alpha value is -2.04. The zero-order chi connectivity index (χ0) is 12.7. The zero-order valence-electron chi connectivity index (χ0n) is 10.1. The third-order valence-electron chi connectivity index (χ3n) is 3.23. The van der Waals surface area contributed by atoms with E-state index in [1.807, 2.05) is 0 Å². The second kappa shape index (κ2) is 4.01. The maximum absolute atomic E-state index is 12.1. The highest BCUT2D eigenvalue weighted by Gasteiger charge is 2.29. The Morgan fingerprint density at radius 3 is 2.94 bits per heavy atom. The lowest BCUT2D eigenvalue weighted by atomic mass is 10.1. The molecule has 0 aromatic heterocycles. The maximum atomic E-state index is 12.1. The first-order valence-corrected chi connectivity index (χ1v) is 6.00. The molecule has 0 bridgehead atoms. The fourth-order valence-corrected chi connectivity index (χ4v) is 1.98. The van der Waals surface area contributed by atoms with Gasteiger partial charge in [0.15, 0.2) is 12.4 Å². The summed E-state index contributed by atoms with van der Waals surface area (Å²) in [5, 5.41) is 2.92. The van der Waals surface area contributed by atoms with Crippen molar-refractivity contribution in [2.24, 2.45) is 0 Å². The summed E-state index contributed by atoms with van der Waals surface area (Å²) in [5.74, 6) is 0.261. The summed E-state index contributed by atoms with van der Waals surface area (Å²) < 4.78 is 5.41. The Balaban J connectivity index is 1.95. The first kappa shape index (κ1) is 11.1. The van der Waals surface area contributed by atoms with E-state index >= 15 is 0 Å². The number of amides is 2. The van der Waals surface area contributed by atoms with Gasteiger partial charge in [0.1, 0.15) is 0 Å². The topological polar surface area (TPSA) is 58.6 Å². The molecule has 0 atom stereocenters. The lowest BCUT2D eigenvalue weighted by Gasteiger charge is -2.27. The van der Waals surface area contributed by atoms with Gasteiger partial charge in [-0.2, -0.15) is 0 Å². The molecule has 0 radical (unpaired) electrons. The molecule has 5 heteroatoms. The van der Waals surface area contributed by atoms with E-state index in [2.05, 4.69) is 5.32 Å². The van der Waals surface area contributed by atoms with Crippen molar-refractivity contribution >= 4 is 17.5 Å². The predicted molar refractivity (Wildman–Crippen MR) is 65.8 cm³/mol. The van der Waals surface area contributed by atoms with Gasteiger partial charge in [-0.15, -0.1) is 0 Å². The minimum Gasteiger partial charge on any atom is -0.481 e. The average molecular weight is 246 g/mol. The van der Waals surface area contributed by atoms with Gasteiger partial charge in [-0.3, -0.25) is 9.59 Å². The predicted octanol–water partition coefficient (Wildman–Crippen LogP) is 0.934. The van der Waals surface area contributed by atoms with Crippen LogP contribution in [0.3, 0.4) is 0 Å². The molecule has 2 aliphatic rings. The van der Waals surface area contributed by atoms with Crippen molar-refractivity contribution in [3.63, 3.8) is 0 Å². The van der Waals surface area contributed by atoms with Gasteiger partial charge in [0.25, 0.3) is 11.8 Å². The monoisotopic (exact) mass is 246 g/mol. The van der Waals surface area contributed by atoms with Crippen LogP contribution in [0.2, 0.25) is 0 Å². The molecule has 1 N–H and O–H groups in total. The van der Waals surface area contributed by atoms with E-state index < -0.39 is 0 Å². The van der Waals surface area contributed by atoms with E-state index in [4.69, 9.17) is 4.74 Å². The molecule has 5 nitrogen and oxygen atoms in total. The van der Waals surface area contributed by atoms with Gasteiger partial charge < -0.3 is 15.0 Å². The van der Waals surface area contributed by atoms with E-state index in [0.717, 1.165) is 12.8 Å². The van der Waals surface area contributed by atoms with Crippen molar-refractivity contribution in [2.75, 3.05) is 18.6 Å². The van der Waals surface area contributed by atoms with Crippen LogP contribution >= 0.6 is 0 Å². The molecule has 1 aromatic carbocycles. The van der Waals surface area contributed by atoms with Crippen LogP contribution in [-0.4, -0.2) is 31.5 Å². The second-order valence-electron chi connectivity index (χ2n) is 4.64. The number of fused-ring (bicyclic) bond motifs is 1. The van der Waals surface area contributed by atoms with E-state index in [1.165, 1.54) is 4.90 Å². The number of hydrogen-bond acceptors (Lipinski definition) is 3. The molecule has 94 valence electrons. The number of carbonyl (C=O) groups excluding carboxylic acids is 2. The molecule has 1 aromatic rings. The van der Waals surface area contributed by atoms with Crippen LogP contribution in [-0.2, 0) is 4.79 Å². The minimum atomic E-state index is -0.128. The standard InChI is InChI=1S/C13H14N2O3/c1-15-10-4-2-3-9(12(10)18-7-11(15)16)13(17)14-8-5-6-8/h2-4,8H,5-7H2,1H3,(H,14,17). The molecule has 1 aliphatic carbocycles. The van der Waals surface area contributed by atoms with Crippen molar-refractivity contribution < 1.29 is 14.3 Å². The molecule has 3 rings (SSSR count). The van der Waals surface area contributed by atoms with Crippen LogP contribution in [0.25, 0.3) is 0 Å². The lowest BCUT2D eigenvalue weighted by Crippen LogP contribution is -2.36. The van der Waals surface area contributed by atoms with Crippen LogP contribution in [0.1, 0.15) is 23.2 Å². The quantitative estimate of drug-likeness (QED) is 0.844. The van der Waals surface area contributed by atoms with Crippen LogP contribution < -0.4 is 15.0 Å². The van der Waals surface area contributed by atoms with Gasteiger partial charge in [-0.05, 0) is 25.0 Å². The lowest BCUT2D eigenvalue weighted by molar-refractivity contribution is -0.121. The third kappa shape index (κ3) is 1.81. The zero-order valence-corrected chi connectivity index (χ0v) is 10.1. The van der Waals surface area contributed by atoms with Gasteiger partial charge in [-0.25, -0.2) is 0 Å². The number of carbonyl (C=O) groups is 2. The van der Waals surface area contributed by atoms with Crippen molar-refractivity contribution in [1.29, 1.82) is 0 Å². The highest BCUT2D eigenvalue weighted by molar-refractivity contribution is 6.04. The maximum Gasteiger partial charge on any atom is 0.264 e. The molecular weight excluding hydrogens is 232 g/mol. The van der Waals surface area contributed by atoms with Crippen LogP contribution in [0, 0.1) is 0 Å². The Kier molecular flexibility index (Phi) is 2.47. The van der Waals surface area contributed by atoms with Crippen LogP contribution in [0.4, 0.5) is 5.69 Å². The molecule has 18 heavy (non-hydrogen) atoms. The summed E-state index contributed by atoms with van der Waals surface area (Å²) in [6.45, 7) is -0.0166. The molecular formula is C13H14N2O3. The molecule has 2 amide bonds. The number of nitrogens with one attached hydrogen (secondary N) is 1. The molecule has 1 aliphatic heterocycles. The molecule has 0 unspecified atom stereocenters. The van der Waals surface area contributed by atoms with Gasteiger partial charge in [0.05, 0.1) is 11.3 Å². The Bertz CT molecular complexity index is 523. The fraction of sp³-hybridized carbons (Fsp3) is 0.385. The largest absolute Gasteiger partial charge is 0.481 e. The van der Waals surface area contributed by atoms with Crippen LogP contribution in [0.5, 0.6) is 5.75 Å². The highest BCUT2D eigenvalue weighted by Crippen LogP contribution is 2.34. The third-order valence-corrected chi connectivity index (χ3v) is 3.23. The SMILES string of the molecule is CN1C(=O)COc2c(C(=O)NC3CC3)cccc21. The smallest absolute Gasteiger partial charge is 0.264 e. The van der Waals surface area contributed by atoms with Crippen molar-refractivity contribution in [3.8, 4) is 5.75 Å². The molecule has 1 heterocycles. The first-order chi connectivity index (χ1) is 8.66. The van der Waals surface area contributed by atoms with Crippen LogP contribution in [0.15, 0.2) is 18.2 Å². The Labute approximate surface area is 105 Å². The van der Waals surface area contributed by atoms with Crippen molar-refractivity contribution in [1.82, 2.24) is 5.32 Å². The van der Waals surface area contributed by atoms with E-state index in [1.54, 1.807) is 25.2 Å². The molecule has 0 spiro atoms. The summed E-state index contributed by atoms with van der Waals surface area (Å²) in [4.78, 5) is 25.1. The number of benzene rings is 1. The number of anilines is 1. The summed E-state index contributed by atoms with van der Waals surface area (Å²) in [6, 6.07) is 5.57. The number of rotatable bonds is 2. The summed E-state index contributed by atoms with van der Waals surface area (Å²) >= 11 is 0. The van der Waals surface area contributed by atoms with E-state index in [0.29, 0.717) is 23.0 Å². The normalized spacial score (nSPS) is 18.1. The van der Waals surface area contributed by atoms with Gasteiger partial charge in [-0.1, -0.05) is 6.07 Å². The molecule has 1 fully saturated rings. The number of nitrogens with zero attached hydrogens (tertiary/aromatic N) is 1. The van der Waals surface area contributed by atoms with Gasteiger partial charge in [0.2, 0.25) is 0 Å².